The average molecular weight is 488 g/mol. The SMILES string of the molecule is C[C@@H](NC(=O)c1cc(Cl)cc(S(C)(=O)=O)c1)c1ncnn1-c1ccc(NC(=O)CC#N)cn1. The van der Waals surface area contributed by atoms with Crippen molar-refractivity contribution >= 4 is 38.9 Å². The van der Waals surface area contributed by atoms with E-state index < -0.39 is 27.7 Å². The van der Waals surface area contributed by atoms with Crippen LogP contribution in [0.2, 0.25) is 5.02 Å². The quantitative estimate of drug-likeness (QED) is 0.512. The van der Waals surface area contributed by atoms with Crippen molar-refractivity contribution in [2.75, 3.05) is 11.6 Å². The van der Waals surface area contributed by atoms with Gasteiger partial charge < -0.3 is 10.6 Å². The molecule has 0 aliphatic carbocycles. The van der Waals surface area contributed by atoms with Gasteiger partial charge in [0.1, 0.15) is 12.7 Å². The molecule has 33 heavy (non-hydrogen) atoms. The molecule has 3 aromatic rings. The number of sulfone groups is 1. The Hall–Kier alpha value is -3.82. The number of aromatic nitrogens is 4. The van der Waals surface area contributed by atoms with Crippen LogP contribution >= 0.6 is 11.6 Å². The number of rotatable bonds is 7. The zero-order valence-corrected chi connectivity index (χ0v) is 19.1. The highest BCUT2D eigenvalue weighted by atomic mass is 35.5. The van der Waals surface area contributed by atoms with E-state index in [4.69, 9.17) is 16.9 Å². The zero-order valence-electron chi connectivity index (χ0n) is 17.5. The van der Waals surface area contributed by atoms with E-state index in [1.54, 1.807) is 25.1 Å². The second-order valence-electron chi connectivity index (χ2n) is 6.96. The highest BCUT2D eigenvalue weighted by Crippen LogP contribution is 2.21. The summed E-state index contributed by atoms with van der Waals surface area (Å²) in [6, 6.07) is 8.18. The van der Waals surface area contributed by atoms with E-state index in [0.29, 0.717) is 17.3 Å². The number of nitrogens with one attached hydrogen (secondary N) is 2. The molecule has 0 unspecified atom stereocenters. The van der Waals surface area contributed by atoms with Crippen LogP contribution in [0.15, 0.2) is 47.8 Å². The molecule has 3 rings (SSSR count). The van der Waals surface area contributed by atoms with Crippen molar-refractivity contribution in [1.82, 2.24) is 25.1 Å². The molecule has 0 fully saturated rings. The first-order chi connectivity index (χ1) is 15.6. The van der Waals surface area contributed by atoms with Crippen molar-refractivity contribution < 1.29 is 18.0 Å². The first kappa shape index (κ1) is 23.8. The molecule has 1 aromatic carbocycles. The van der Waals surface area contributed by atoms with Crippen LogP contribution in [-0.4, -0.2) is 46.2 Å². The van der Waals surface area contributed by atoms with E-state index in [1.165, 1.54) is 35.4 Å². The summed E-state index contributed by atoms with van der Waals surface area (Å²) in [5, 5.41) is 18.1. The van der Waals surface area contributed by atoms with Crippen LogP contribution in [0.1, 0.15) is 35.6 Å². The normalized spacial score (nSPS) is 11.9. The summed E-state index contributed by atoms with van der Waals surface area (Å²) >= 11 is 5.98. The van der Waals surface area contributed by atoms with Gasteiger partial charge in [0.25, 0.3) is 5.91 Å². The highest BCUT2D eigenvalue weighted by molar-refractivity contribution is 7.90. The Morgan fingerprint density at radius 1 is 1.24 bits per heavy atom. The third-order valence-corrected chi connectivity index (χ3v) is 5.67. The van der Waals surface area contributed by atoms with Crippen molar-refractivity contribution in [3.63, 3.8) is 0 Å². The molecule has 0 saturated heterocycles. The molecule has 1 atom stereocenters. The predicted octanol–water partition coefficient (Wildman–Crippen LogP) is 2.06. The summed E-state index contributed by atoms with van der Waals surface area (Å²) in [7, 11) is -3.55. The van der Waals surface area contributed by atoms with Gasteiger partial charge in [0.05, 0.1) is 28.9 Å². The van der Waals surface area contributed by atoms with E-state index in [2.05, 4.69) is 25.7 Å². The minimum atomic E-state index is -3.55. The lowest BCUT2D eigenvalue weighted by molar-refractivity contribution is -0.115. The van der Waals surface area contributed by atoms with Crippen molar-refractivity contribution in [3.05, 3.63) is 59.3 Å². The molecule has 0 aliphatic heterocycles. The lowest BCUT2D eigenvalue weighted by Gasteiger charge is -2.15. The van der Waals surface area contributed by atoms with Crippen LogP contribution in [0.5, 0.6) is 0 Å². The van der Waals surface area contributed by atoms with Gasteiger partial charge in [-0.25, -0.2) is 18.4 Å². The number of carbonyl (C=O) groups is 2. The zero-order chi connectivity index (χ0) is 24.2. The Labute approximate surface area is 194 Å². The fourth-order valence-corrected chi connectivity index (χ4v) is 3.82. The summed E-state index contributed by atoms with van der Waals surface area (Å²) in [5.74, 6) is -0.260. The van der Waals surface area contributed by atoms with Gasteiger partial charge in [-0.2, -0.15) is 15.0 Å². The molecule has 2 heterocycles. The summed E-state index contributed by atoms with van der Waals surface area (Å²) in [4.78, 5) is 32.6. The number of benzene rings is 1. The second kappa shape index (κ2) is 9.76. The van der Waals surface area contributed by atoms with Crippen LogP contribution in [0.3, 0.4) is 0 Å². The minimum Gasteiger partial charge on any atom is -0.342 e. The maximum Gasteiger partial charge on any atom is 0.251 e. The Morgan fingerprint density at radius 2 is 2.00 bits per heavy atom. The molecule has 0 saturated carbocycles. The van der Waals surface area contributed by atoms with Gasteiger partial charge in [-0.15, -0.1) is 0 Å². The monoisotopic (exact) mass is 487 g/mol. The smallest absolute Gasteiger partial charge is 0.251 e. The van der Waals surface area contributed by atoms with Crippen LogP contribution in [-0.2, 0) is 14.6 Å². The molecule has 170 valence electrons. The first-order valence-corrected chi connectivity index (χ1v) is 11.7. The molecule has 0 aliphatic rings. The molecule has 2 aromatic heterocycles. The maximum absolute atomic E-state index is 12.7. The first-order valence-electron chi connectivity index (χ1n) is 9.43. The summed E-state index contributed by atoms with van der Waals surface area (Å²) < 4.78 is 25.1. The van der Waals surface area contributed by atoms with E-state index in [0.717, 1.165) is 6.26 Å². The number of hydrogen-bond acceptors (Lipinski definition) is 8. The number of pyridine rings is 1. The number of halogens is 1. The van der Waals surface area contributed by atoms with E-state index in [-0.39, 0.29) is 21.9 Å². The van der Waals surface area contributed by atoms with E-state index in [1.807, 2.05) is 0 Å². The van der Waals surface area contributed by atoms with Crippen molar-refractivity contribution in [3.8, 4) is 11.9 Å². The Bertz CT molecular complexity index is 1350. The van der Waals surface area contributed by atoms with Crippen molar-refractivity contribution in [2.45, 2.75) is 24.3 Å². The molecular weight excluding hydrogens is 470 g/mol. The van der Waals surface area contributed by atoms with Gasteiger partial charge in [0.2, 0.25) is 5.91 Å². The lowest BCUT2D eigenvalue weighted by Crippen LogP contribution is -2.29. The number of hydrogen-bond donors (Lipinski definition) is 2. The van der Waals surface area contributed by atoms with Gasteiger partial charge in [-0.1, -0.05) is 11.6 Å². The van der Waals surface area contributed by atoms with Crippen LogP contribution < -0.4 is 10.6 Å². The fraction of sp³-hybridized carbons (Fsp3) is 0.200. The molecule has 13 heteroatoms. The van der Waals surface area contributed by atoms with Gasteiger partial charge in [0.15, 0.2) is 21.5 Å². The number of nitriles is 1. The Balaban J connectivity index is 1.78. The second-order valence-corrected chi connectivity index (χ2v) is 9.41. The number of anilines is 1. The van der Waals surface area contributed by atoms with Crippen molar-refractivity contribution in [1.29, 1.82) is 5.26 Å². The minimum absolute atomic E-state index is 0.0675. The molecule has 0 spiro atoms. The third-order valence-electron chi connectivity index (χ3n) is 4.36. The van der Waals surface area contributed by atoms with Gasteiger partial charge >= 0.3 is 0 Å². The molecule has 0 bridgehead atoms. The van der Waals surface area contributed by atoms with E-state index >= 15 is 0 Å². The maximum atomic E-state index is 12.7. The standard InChI is InChI=1S/C20H18ClN7O4S/c1-12(26-20(30)13-7-14(21)9-16(8-13)33(2,31)32)19-24-11-25-28(19)17-4-3-15(10-23-17)27-18(29)5-6-22/h3-4,7-12H,5H2,1-2H3,(H,26,30)(H,27,29)/t12-/m1/s1. The fourth-order valence-electron chi connectivity index (χ4n) is 2.84. The number of carbonyl (C=O) groups excluding carboxylic acids is 2. The summed E-state index contributed by atoms with van der Waals surface area (Å²) in [6.07, 6.45) is 3.45. The lowest BCUT2D eigenvalue weighted by atomic mass is 10.2. The number of amides is 2. The van der Waals surface area contributed by atoms with Crippen molar-refractivity contribution in [2.24, 2.45) is 0 Å². The number of nitrogens with zero attached hydrogens (tertiary/aromatic N) is 5. The average Bonchev–Trinajstić information content (AvgIpc) is 3.23. The molecule has 2 N–H and O–H groups in total. The largest absolute Gasteiger partial charge is 0.342 e. The molecular formula is C20H18ClN7O4S. The van der Waals surface area contributed by atoms with Crippen LogP contribution in [0.4, 0.5) is 5.69 Å². The Kier molecular flexibility index (Phi) is 7.05. The van der Waals surface area contributed by atoms with Crippen LogP contribution in [0.25, 0.3) is 5.82 Å². The topological polar surface area (TPSA) is 160 Å². The molecule has 0 radical (unpaired) electrons. The predicted molar refractivity (Wildman–Crippen MR) is 118 cm³/mol. The van der Waals surface area contributed by atoms with Gasteiger partial charge in [-0.3, -0.25) is 9.59 Å². The summed E-state index contributed by atoms with van der Waals surface area (Å²) in [6.45, 7) is 1.68. The Morgan fingerprint density at radius 3 is 2.64 bits per heavy atom. The molecule has 2 amide bonds. The molecule has 11 nitrogen and oxygen atoms in total. The third kappa shape index (κ3) is 5.91. The van der Waals surface area contributed by atoms with Gasteiger partial charge in [0, 0.05) is 16.8 Å². The van der Waals surface area contributed by atoms with Crippen LogP contribution in [0, 0.1) is 11.3 Å². The van der Waals surface area contributed by atoms with Gasteiger partial charge in [-0.05, 0) is 37.3 Å². The van der Waals surface area contributed by atoms with E-state index in [9.17, 15) is 18.0 Å². The summed E-state index contributed by atoms with van der Waals surface area (Å²) in [5.41, 5.74) is 0.487. The highest BCUT2D eigenvalue weighted by Gasteiger charge is 2.20.